The molecule has 0 unspecified atom stereocenters. The minimum atomic E-state index is -3.94. The highest BCUT2D eigenvalue weighted by atomic mass is 32.2. The molecule has 2 rings (SSSR count). The fourth-order valence-corrected chi connectivity index (χ4v) is 3.54. The van der Waals surface area contributed by atoms with Crippen LogP contribution in [0.1, 0.15) is 10.4 Å². The van der Waals surface area contributed by atoms with Crippen molar-refractivity contribution in [2.75, 3.05) is 18.9 Å². The number of carboxylic acid groups (broad SMARTS) is 1. The molecule has 22 heavy (non-hydrogen) atoms. The van der Waals surface area contributed by atoms with E-state index in [-0.39, 0.29) is 22.0 Å². The molecule has 9 heteroatoms. The van der Waals surface area contributed by atoms with Gasteiger partial charge in [-0.3, -0.25) is 4.72 Å². The molecule has 0 aliphatic rings. The first-order valence-corrected chi connectivity index (χ1v) is 8.36. The van der Waals surface area contributed by atoms with Crippen molar-refractivity contribution >= 4 is 33.0 Å². The second kappa shape index (κ2) is 6.24. The van der Waals surface area contributed by atoms with Gasteiger partial charge in [-0.15, -0.1) is 0 Å². The molecule has 1 aromatic carbocycles. The predicted molar refractivity (Wildman–Crippen MR) is 81.6 cm³/mol. The maximum absolute atomic E-state index is 12.3. The maximum atomic E-state index is 12.3. The Hall–Kier alpha value is -2.26. The number of anilines is 1. The van der Waals surface area contributed by atoms with Gasteiger partial charge in [-0.05, 0) is 17.5 Å². The van der Waals surface area contributed by atoms with Gasteiger partial charge in [0.2, 0.25) is 0 Å². The number of sulfonamides is 1. The Morgan fingerprint density at radius 2 is 2.00 bits per heavy atom. The zero-order valence-corrected chi connectivity index (χ0v) is 13.3. The van der Waals surface area contributed by atoms with Crippen LogP contribution in [-0.2, 0) is 10.0 Å². The molecular formula is C13H13NO6S2. The fraction of sp³-hybridized carbons (Fsp3) is 0.154. The molecule has 2 N–H and O–H groups in total. The van der Waals surface area contributed by atoms with E-state index >= 15 is 0 Å². The lowest BCUT2D eigenvalue weighted by molar-refractivity contribution is 0.0692. The Balaban J connectivity index is 2.55. The molecule has 1 heterocycles. The van der Waals surface area contributed by atoms with Crippen LogP contribution in [-0.4, -0.2) is 33.7 Å². The van der Waals surface area contributed by atoms with E-state index in [4.69, 9.17) is 9.47 Å². The summed E-state index contributed by atoms with van der Waals surface area (Å²) < 4.78 is 37.1. The van der Waals surface area contributed by atoms with Crippen molar-refractivity contribution in [1.29, 1.82) is 0 Å². The lowest BCUT2D eigenvalue weighted by Crippen LogP contribution is -2.14. The van der Waals surface area contributed by atoms with Gasteiger partial charge < -0.3 is 14.6 Å². The van der Waals surface area contributed by atoms with Crippen molar-refractivity contribution < 1.29 is 27.8 Å². The number of ether oxygens (including phenoxy) is 2. The molecule has 0 radical (unpaired) electrons. The fourth-order valence-electron chi connectivity index (χ4n) is 1.79. The Morgan fingerprint density at radius 3 is 2.50 bits per heavy atom. The number of hydrogen-bond donors (Lipinski definition) is 2. The molecule has 1 aromatic heterocycles. The smallest absolute Gasteiger partial charge is 0.339 e. The van der Waals surface area contributed by atoms with E-state index in [2.05, 4.69) is 4.72 Å². The first kappa shape index (κ1) is 16.1. The zero-order valence-electron chi connectivity index (χ0n) is 11.7. The monoisotopic (exact) mass is 343 g/mol. The Kier molecular flexibility index (Phi) is 4.57. The van der Waals surface area contributed by atoms with Gasteiger partial charge >= 0.3 is 5.97 Å². The van der Waals surface area contributed by atoms with Crippen LogP contribution >= 0.6 is 11.3 Å². The molecule has 0 saturated carbocycles. The number of methoxy groups -OCH3 is 2. The molecule has 0 fully saturated rings. The first-order chi connectivity index (χ1) is 10.4. The highest BCUT2D eigenvalue weighted by Gasteiger charge is 2.23. The summed E-state index contributed by atoms with van der Waals surface area (Å²) in [5.41, 5.74) is 0.101. The summed E-state index contributed by atoms with van der Waals surface area (Å²) in [5, 5.41) is 12.6. The van der Waals surface area contributed by atoms with Crippen molar-refractivity contribution in [3.05, 3.63) is 34.5 Å². The van der Waals surface area contributed by atoms with Gasteiger partial charge in [-0.25, -0.2) is 13.2 Å². The lowest BCUT2D eigenvalue weighted by atomic mass is 10.2. The molecule has 0 atom stereocenters. The summed E-state index contributed by atoms with van der Waals surface area (Å²) in [7, 11) is -1.36. The van der Waals surface area contributed by atoms with Crippen LogP contribution in [0.4, 0.5) is 5.69 Å². The lowest BCUT2D eigenvalue weighted by Gasteiger charge is -2.13. The molecule has 0 saturated heterocycles. The molecular weight excluding hydrogens is 330 g/mol. The second-order valence-electron chi connectivity index (χ2n) is 4.13. The maximum Gasteiger partial charge on any atom is 0.339 e. The van der Waals surface area contributed by atoms with E-state index in [1.54, 1.807) is 16.8 Å². The van der Waals surface area contributed by atoms with Crippen molar-refractivity contribution in [3.63, 3.8) is 0 Å². The summed E-state index contributed by atoms with van der Waals surface area (Å²) >= 11 is 1.33. The van der Waals surface area contributed by atoms with Gasteiger partial charge in [0.1, 0.15) is 5.56 Å². The quantitative estimate of drug-likeness (QED) is 0.834. The van der Waals surface area contributed by atoms with E-state index in [1.165, 1.54) is 31.6 Å². The summed E-state index contributed by atoms with van der Waals surface area (Å²) in [6, 6.07) is 3.83. The standard InChI is InChI=1S/C13H13NO6S2/c1-19-11-6-9(5-10(13(15)16)12(11)20-2)22(17,18)14-8-3-4-21-7-8/h3-7,14H,1-2H3,(H,15,16). The topological polar surface area (TPSA) is 102 Å². The van der Waals surface area contributed by atoms with Gasteiger partial charge in [-0.2, -0.15) is 11.3 Å². The van der Waals surface area contributed by atoms with Crippen LogP contribution in [0.3, 0.4) is 0 Å². The molecule has 0 bridgehead atoms. The number of carboxylic acids is 1. The highest BCUT2D eigenvalue weighted by Crippen LogP contribution is 2.34. The Morgan fingerprint density at radius 1 is 1.27 bits per heavy atom. The summed E-state index contributed by atoms with van der Waals surface area (Å²) in [4.78, 5) is 11.1. The minimum absolute atomic E-state index is 0.0214. The van der Waals surface area contributed by atoms with Crippen LogP contribution in [0.15, 0.2) is 33.9 Å². The molecule has 118 valence electrons. The molecule has 7 nitrogen and oxygen atoms in total. The third-order valence-corrected chi connectivity index (χ3v) is 4.81. The molecule has 0 aliphatic heterocycles. The normalized spacial score (nSPS) is 11.0. The Labute approximate surface area is 131 Å². The van der Waals surface area contributed by atoms with E-state index in [9.17, 15) is 18.3 Å². The van der Waals surface area contributed by atoms with Crippen molar-refractivity contribution in [1.82, 2.24) is 0 Å². The van der Waals surface area contributed by atoms with Crippen molar-refractivity contribution in [2.45, 2.75) is 4.90 Å². The average molecular weight is 343 g/mol. The second-order valence-corrected chi connectivity index (χ2v) is 6.59. The number of benzene rings is 1. The molecule has 0 aliphatic carbocycles. The minimum Gasteiger partial charge on any atom is -0.493 e. The number of nitrogens with one attached hydrogen (secondary N) is 1. The van der Waals surface area contributed by atoms with Crippen LogP contribution in [0.5, 0.6) is 11.5 Å². The van der Waals surface area contributed by atoms with Crippen LogP contribution in [0, 0.1) is 0 Å². The SMILES string of the molecule is COc1cc(S(=O)(=O)Nc2ccsc2)cc(C(=O)O)c1OC. The van der Waals surface area contributed by atoms with Crippen molar-refractivity contribution in [2.24, 2.45) is 0 Å². The van der Waals surface area contributed by atoms with E-state index in [0.717, 1.165) is 6.07 Å². The molecule has 2 aromatic rings. The van der Waals surface area contributed by atoms with Gasteiger partial charge in [0.25, 0.3) is 10.0 Å². The zero-order chi connectivity index (χ0) is 16.3. The summed E-state index contributed by atoms with van der Waals surface area (Å²) in [6.45, 7) is 0. The van der Waals surface area contributed by atoms with Gasteiger partial charge in [0.05, 0.1) is 24.8 Å². The van der Waals surface area contributed by atoms with Gasteiger partial charge in [0.15, 0.2) is 11.5 Å². The summed E-state index contributed by atoms with van der Waals surface area (Å²) in [5.74, 6) is -1.33. The van der Waals surface area contributed by atoms with Crippen LogP contribution in [0.2, 0.25) is 0 Å². The first-order valence-electron chi connectivity index (χ1n) is 5.93. The highest BCUT2D eigenvalue weighted by molar-refractivity contribution is 7.92. The van der Waals surface area contributed by atoms with Crippen LogP contribution in [0.25, 0.3) is 0 Å². The van der Waals surface area contributed by atoms with E-state index < -0.39 is 16.0 Å². The number of hydrogen-bond acceptors (Lipinski definition) is 6. The average Bonchev–Trinajstić information content (AvgIpc) is 2.97. The Bertz CT molecular complexity index is 783. The summed E-state index contributed by atoms with van der Waals surface area (Å²) in [6.07, 6.45) is 0. The largest absolute Gasteiger partial charge is 0.493 e. The third kappa shape index (κ3) is 3.15. The van der Waals surface area contributed by atoms with Crippen molar-refractivity contribution in [3.8, 4) is 11.5 Å². The third-order valence-electron chi connectivity index (χ3n) is 2.77. The number of aromatic carboxylic acids is 1. The number of thiophene rings is 1. The van der Waals surface area contributed by atoms with E-state index in [0.29, 0.717) is 5.69 Å². The van der Waals surface area contributed by atoms with Crippen LogP contribution < -0.4 is 14.2 Å². The van der Waals surface area contributed by atoms with Gasteiger partial charge in [0, 0.05) is 11.4 Å². The number of rotatable bonds is 6. The predicted octanol–water partition coefficient (Wildman–Crippen LogP) is 2.26. The molecule has 0 amide bonds. The van der Waals surface area contributed by atoms with E-state index in [1.807, 2.05) is 0 Å². The van der Waals surface area contributed by atoms with Gasteiger partial charge in [-0.1, -0.05) is 0 Å². The number of carbonyl (C=O) groups is 1. The molecule has 0 spiro atoms.